The third-order valence-electron chi connectivity index (χ3n) is 3.53. The summed E-state index contributed by atoms with van der Waals surface area (Å²) >= 11 is 1.75. The van der Waals surface area contributed by atoms with E-state index in [2.05, 4.69) is 48.1 Å². The van der Waals surface area contributed by atoms with Crippen LogP contribution in [0, 0.1) is 5.92 Å². The van der Waals surface area contributed by atoms with Crippen molar-refractivity contribution in [2.24, 2.45) is 5.92 Å². The Morgan fingerprint density at radius 2 is 2.22 bits per heavy atom. The van der Waals surface area contributed by atoms with Gasteiger partial charge in [0.15, 0.2) is 0 Å². The molecule has 0 N–H and O–H groups in total. The van der Waals surface area contributed by atoms with Gasteiger partial charge in [0.05, 0.1) is 19.2 Å². The van der Waals surface area contributed by atoms with Crippen molar-refractivity contribution in [3.8, 4) is 0 Å². The second kappa shape index (κ2) is 11.3. The second-order valence-electron chi connectivity index (χ2n) is 6.11. The Hall–Kier alpha value is -1.30. The molecule has 0 aliphatic carbocycles. The van der Waals surface area contributed by atoms with Crippen molar-refractivity contribution in [3.05, 3.63) is 23.5 Å². The van der Waals surface area contributed by atoms with E-state index in [1.807, 2.05) is 4.68 Å². The molecule has 0 saturated carbocycles. The van der Waals surface area contributed by atoms with Crippen LogP contribution < -0.4 is 0 Å². The van der Waals surface area contributed by atoms with E-state index in [-0.39, 0.29) is 5.97 Å². The van der Waals surface area contributed by atoms with Crippen molar-refractivity contribution in [2.75, 3.05) is 18.6 Å². The first-order valence-corrected chi connectivity index (χ1v) is 9.36. The maximum atomic E-state index is 11.0. The second-order valence-corrected chi connectivity index (χ2v) is 7.26. The van der Waals surface area contributed by atoms with Crippen molar-refractivity contribution in [1.29, 1.82) is 0 Å². The van der Waals surface area contributed by atoms with Crippen molar-refractivity contribution in [1.82, 2.24) is 15.0 Å². The van der Waals surface area contributed by atoms with Crippen LogP contribution in [0.1, 0.15) is 45.7 Å². The molecule has 0 amide bonds. The predicted molar refractivity (Wildman–Crippen MR) is 95.5 cm³/mol. The van der Waals surface area contributed by atoms with Gasteiger partial charge < -0.3 is 4.74 Å². The van der Waals surface area contributed by atoms with E-state index < -0.39 is 0 Å². The molecule has 1 rings (SSSR count). The van der Waals surface area contributed by atoms with Crippen LogP contribution in [-0.4, -0.2) is 39.6 Å². The van der Waals surface area contributed by atoms with Crippen LogP contribution in [0.2, 0.25) is 0 Å². The summed E-state index contributed by atoms with van der Waals surface area (Å²) in [6, 6.07) is 0. The van der Waals surface area contributed by atoms with E-state index in [9.17, 15) is 4.79 Å². The molecule has 5 nitrogen and oxygen atoms in total. The van der Waals surface area contributed by atoms with E-state index in [0.717, 1.165) is 43.0 Å². The Kier molecular flexibility index (Phi) is 9.67. The highest BCUT2D eigenvalue weighted by Crippen LogP contribution is 2.10. The quantitative estimate of drug-likeness (QED) is 0.351. The molecule has 1 aromatic heterocycles. The van der Waals surface area contributed by atoms with E-state index in [0.29, 0.717) is 12.3 Å². The number of hydrogen-bond donors (Lipinski definition) is 0. The molecule has 0 aliphatic heterocycles. The highest BCUT2D eigenvalue weighted by Gasteiger charge is 2.03. The maximum Gasteiger partial charge on any atom is 0.306 e. The van der Waals surface area contributed by atoms with Gasteiger partial charge in [0, 0.05) is 24.2 Å². The normalized spacial score (nSPS) is 12.0. The van der Waals surface area contributed by atoms with Gasteiger partial charge in [0.2, 0.25) is 0 Å². The first kappa shape index (κ1) is 19.7. The van der Waals surface area contributed by atoms with Crippen molar-refractivity contribution >= 4 is 17.7 Å². The molecule has 0 unspecified atom stereocenters. The lowest BCUT2D eigenvalue weighted by Crippen LogP contribution is -2.01. The molecule has 0 saturated heterocycles. The summed E-state index contributed by atoms with van der Waals surface area (Å²) in [5.74, 6) is 2.29. The summed E-state index contributed by atoms with van der Waals surface area (Å²) in [4.78, 5) is 11.0. The largest absolute Gasteiger partial charge is 0.469 e. The molecule has 23 heavy (non-hydrogen) atoms. The lowest BCUT2D eigenvalue weighted by atomic mass is 10.1. The number of aromatic nitrogens is 3. The first-order valence-electron chi connectivity index (χ1n) is 8.20. The molecule has 0 radical (unpaired) electrons. The van der Waals surface area contributed by atoms with Crippen LogP contribution in [-0.2, 0) is 22.5 Å². The van der Waals surface area contributed by atoms with Crippen LogP contribution in [0.15, 0.2) is 17.8 Å². The molecule has 1 heterocycles. The summed E-state index contributed by atoms with van der Waals surface area (Å²) in [5.41, 5.74) is 2.42. The number of rotatable bonds is 11. The smallest absolute Gasteiger partial charge is 0.306 e. The molecule has 0 bridgehead atoms. The van der Waals surface area contributed by atoms with Crippen LogP contribution >= 0.6 is 11.8 Å². The van der Waals surface area contributed by atoms with E-state index in [1.54, 1.807) is 11.8 Å². The molecular formula is C17H29N3O2S. The van der Waals surface area contributed by atoms with E-state index >= 15 is 0 Å². The van der Waals surface area contributed by atoms with Gasteiger partial charge in [0.25, 0.3) is 0 Å². The molecule has 6 heteroatoms. The molecular weight excluding hydrogens is 310 g/mol. The van der Waals surface area contributed by atoms with Gasteiger partial charge >= 0.3 is 5.97 Å². The van der Waals surface area contributed by atoms with E-state index in [4.69, 9.17) is 0 Å². The number of nitrogens with zero attached hydrogens (tertiary/aromatic N) is 3. The zero-order chi connectivity index (χ0) is 17.1. The minimum atomic E-state index is -0.141. The van der Waals surface area contributed by atoms with Crippen LogP contribution in [0.25, 0.3) is 0 Å². The minimum absolute atomic E-state index is 0.141. The van der Waals surface area contributed by atoms with Gasteiger partial charge in [-0.15, -0.1) is 5.10 Å². The molecule has 130 valence electrons. The zero-order valence-corrected chi connectivity index (χ0v) is 15.6. The Morgan fingerprint density at radius 3 is 2.91 bits per heavy atom. The van der Waals surface area contributed by atoms with Crippen molar-refractivity contribution in [2.45, 2.75) is 53.0 Å². The number of methoxy groups -OCH3 is 1. The number of carbonyl (C=O) groups excluding carboxylic acids is 1. The SMILES string of the molecule is COC(=O)CCSC/C=C(\C)CCn1cc(CCC(C)C)nn1. The number of carbonyl (C=O) groups is 1. The average molecular weight is 340 g/mol. The number of hydrogen-bond acceptors (Lipinski definition) is 5. The zero-order valence-electron chi connectivity index (χ0n) is 14.7. The average Bonchev–Trinajstić information content (AvgIpc) is 2.98. The lowest BCUT2D eigenvalue weighted by molar-refractivity contribution is -0.140. The van der Waals surface area contributed by atoms with Gasteiger partial charge in [-0.1, -0.05) is 30.7 Å². The standard InChI is InChI=1S/C17H29N3O2S/c1-14(2)5-6-16-13-20(19-18-16)10-7-15(3)8-11-23-12-9-17(21)22-4/h8,13-14H,5-7,9-12H2,1-4H3/b15-8+. The molecule has 0 spiro atoms. The highest BCUT2D eigenvalue weighted by atomic mass is 32.2. The van der Waals surface area contributed by atoms with E-state index in [1.165, 1.54) is 12.7 Å². The van der Waals surface area contributed by atoms with Gasteiger partial charge in [-0.2, -0.15) is 11.8 Å². The van der Waals surface area contributed by atoms with Crippen LogP contribution in [0.5, 0.6) is 0 Å². The Labute approximate surface area is 143 Å². The number of aryl methyl sites for hydroxylation is 2. The summed E-state index contributed by atoms with van der Waals surface area (Å²) in [7, 11) is 1.43. The van der Waals surface area contributed by atoms with Crippen molar-refractivity contribution < 1.29 is 9.53 Å². The third-order valence-corrected chi connectivity index (χ3v) is 4.42. The van der Waals surface area contributed by atoms with Crippen LogP contribution in [0.3, 0.4) is 0 Å². The van der Waals surface area contributed by atoms with Gasteiger partial charge in [-0.25, -0.2) is 0 Å². The molecule has 0 fully saturated rings. The number of allylic oxidation sites excluding steroid dienone is 1. The number of ether oxygens (including phenoxy) is 1. The predicted octanol–water partition coefficient (Wildman–Crippen LogP) is 3.50. The summed E-state index contributed by atoms with van der Waals surface area (Å²) < 4.78 is 6.54. The fraction of sp³-hybridized carbons (Fsp3) is 0.706. The maximum absolute atomic E-state index is 11.0. The lowest BCUT2D eigenvalue weighted by Gasteiger charge is -2.02. The van der Waals surface area contributed by atoms with Crippen molar-refractivity contribution in [3.63, 3.8) is 0 Å². The van der Waals surface area contributed by atoms with Gasteiger partial charge in [0.1, 0.15) is 0 Å². The molecule has 0 atom stereocenters. The molecule has 0 aliphatic rings. The first-order chi connectivity index (χ1) is 11.0. The summed E-state index contributed by atoms with van der Waals surface area (Å²) in [5, 5.41) is 8.41. The van der Waals surface area contributed by atoms with Gasteiger partial charge in [-0.3, -0.25) is 9.48 Å². The Balaban J connectivity index is 2.20. The summed E-state index contributed by atoms with van der Waals surface area (Å²) in [6.45, 7) is 7.45. The molecule has 0 aromatic carbocycles. The fourth-order valence-corrected chi connectivity index (χ4v) is 2.81. The minimum Gasteiger partial charge on any atom is -0.469 e. The highest BCUT2D eigenvalue weighted by molar-refractivity contribution is 7.99. The topological polar surface area (TPSA) is 57.0 Å². The monoisotopic (exact) mass is 339 g/mol. The Bertz CT molecular complexity index is 498. The molecule has 1 aromatic rings. The van der Waals surface area contributed by atoms with Crippen LogP contribution in [0.4, 0.5) is 0 Å². The third kappa shape index (κ3) is 9.43. The number of thioether (sulfide) groups is 1. The number of esters is 1. The van der Waals surface area contributed by atoms with Gasteiger partial charge in [-0.05, 0) is 32.1 Å². The Morgan fingerprint density at radius 1 is 1.43 bits per heavy atom. The summed E-state index contributed by atoms with van der Waals surface area (Å²) in [6.07, 6.45) is 7.89. The fourth-order valence-electron chi connectivity index (χ4n) is 1.93.